The molecule has 15 heavy (non-hydrogen) atoms. The minimum atomic E-state index is -0.857. The summed E-state index contributed by atoms with van der Waals surface area (Å²) in [7, 11) is 0. The third-order valence-electron chi connectivity index (χ3n) is 2.83. The third-order valence-corrected chi connectivity index (χ3v) is 2.83. The molecule has 1 fully saturated rings. The molecule has 0 aliphatic carbocycles. The normalized spacial score (nSPS) is 17.6. The average molecular weight is 206 g/mol. The van der Waals surface area contributed by atoms with Gasteiger partial charge in [-0.25, -0.2) is 4.79 Å². The van der Waals surface area contributed by atoms with Crippen molar-refractivity contribution in [1.82, 2.24) is 0 Å². The fourth-order valence-corrected chi connectivity index (χ4v) is 1.96. The lowest BCUT2D eigenvalue weighted by molar-refractivity contribution is 0.0696. The van der Waals surface area contributed by atoms with Gasteiger partial charge < -0.3 is 9.84 Å². The Hall–Kier alpha value is -1.35. The van der Waals surface area contributed by atoms with E-state index in [0.29, 0.717) is 11.5 Å². The van der Waals surface area contributed by atoms with E-state index in [1.165, 1.54) is 0 Å². The SMILES string of the molecule is O=C(O)c1cccc(C2CCOCC2)c1. The predicted molar refractivity (Wildman–Crippen MR) is 56.2 cm³/mol. The zero-order chi connectivity index (χ0) is 10.7. The van der Waals surface area contributed by atoms with Crippen LogP contribution in [0.1, 0.15) is 34.7 Å². The number of hydrogen-bond donors (Lipinski definition) is 1. The Labute approximate surface area is 88.7 Å². The van der Waals surface area contributed by atoms with Gasteiger partial charge in [0.1, 0.15) is 0 Å². The Morgan fingerprint density at radius 3 is 2.73 bits per heavy atom. The summed E-state index contributed by atoms with van der Waals surface area (Å²) in [6.07, 6.45) is 1.98. The number of benzene rings is 1. The number of carboxylic acid groups (broad SMARTS) is 1. The molecule has 0 radical (unpaired) electrons. The molecule has 2 rings (SSSR count). The predicted octanol–water partition coefficient (Wildman–Crippen LogP) is 2.28. The molecule has 0 unspecified atom stereocenters. The van der Waals surface area contributed by atoms with Crippen LogP contribution in [0.4, 0.5) is 0 Å². The van der Waals surface area contributed by atoms with Gasteiger partial charge in [0.2, 0.25) is 0 Å². The molecular weight excluding hydrogens is 192 g/mol. The van der Waals surface area contributed by atoms with Gasteiger partial charge in [0.05, 0.1) is 5.56 Å². The van der Waals surface area contributed by atoms with Crippen molar-refractivity contribution in [2.24, 2.45) is 0 Å². The van der Waals surface area contributed by atoms with E-state index in [-0.39, 0.29) is 0 Å². The van der Waals surface area contributed by atoms with E-state index >= 15 is 0 Å². The molecule has 1 heterocycles. The van der Waals surface area contributed by atoms with Crippen LogP contribution in [0.2, 0.25) is 0 Å². The van der Waals surface area contributed by atoms with Crippen LogP contribution in [0.15, 0.2) is 24.3 Å². The molecule has 3 nitrogen and oxygen atoms in total. The zero-order valence-electron chi connectivity index (χ0n) is 8.48. The summed E-state index contributed by atoms with van der Waals surface area (Å²) in [5, 5.41) is 8.88. The summed E-state index contributed by atoms with van der Waals surface area (Å²) in [5.74, 6) is -0.401. The van der Waals surface area contributed by atoms with Gasteiger partial charge in [0.15, 0.2) is 0 Å². The van der Waals surface area contributed by atoms with Crippen molar-refractivity contribution in [1.29, 1.82) is 0 Å². The number of aromatic carboxylic acids is 1. The Morgan fingerprint density at radius 2 is 2.07 bits per heavy atom. The first-order valence-corrected chi connectivity index (χ1v) is 5.18. The standard InChI is InChI=1S/C12H14O3/c13-12(14)11-3-1-2-10(8-11)9-4-6-15-7-5-9/h1-3,8-9H,4-7H2,(H,13,14). The molecule has 1 aliphatic heterocycles. The second kappa shape index (κ2) is 4.45. The van der Waals surface area contributed by atoms with Crippen LogP contribution >= 0.6 is 0 Å². The second-order valence-corrected chi connectivity index (χ2v) is 3.82. The molecule has 1 saturated heterocycles. The van der Waals surface area contributed by atoms with E-state index in [1.54, 1.807) is 12.1 Å². The molecule has 3 heteroatoms. The molecule has 1 aromatic rings. The quantitative estimate of drug-likeness (QED) is 0.807. The highest BCUT2D eigenvalue weighted by atomic mass is 16.5. The van der Waals surface area contributed by atoms with Gasteiger partial charge in [-0.3, -0.25) is 0 Å². The summed E-state index contributed by atoms with van der Waals surface area (Å²) >= 11 is 0. The zero-order valence-corrected chi connectivity index (χ0v) is 8.48. The molecule has 0 amide bonds. The van der Waals surface area contributed by atoms with Gasteiger partial charge in [0, 0.05) is 13.2 Å². The van der Waals surface area contributed by atoms with E-state index < -0.39 is 5.97 Å². The molecule has 0 bridgehead atoms. The molecule has 0 aromatic heterocycles. The van der Waals surface area contributed by atoms with Crippen molar-refractivity contribution in [3.05, 3.63) is 35.4 Å². The number of carboxylic acids is 1. The van der Waals surface area contributed by atoms with Crippen molar-refractivity contribution >= 4 is 5.97 Å². The Kier molecular flexibility index (Phi) is 3.02. The van der Waals surface area contributed by atoms with Crippen LogP contribution in [-0.2, 0) is 4.74 Å². The highest BCUT2D eigenvalue weighted by Gasteiger charge is 2.16. The monoisotopic (exact) mass is 206 g/mol. The van der Waals surface area contributed by atoms with Gasteiger partial charge >= 0.3 is 5.97 Å². The van der Waals surface area contributed by atoms with E-state index in [2.05, 4.69) is 0 Å². The van der Waals surface area contributed by atoms with Crippen LogP contribution in [0.3, 0.4) is 0 Å². The largest absolute Gasteiger partial charge is 0.478 e. The number of hydrogen-bond acceptors (Lipinski definition) is 2. The summed E-state index contributed by atoms with van der Waals surface area (Å²) in [5.41, 5.74) is 1.50. The number of ether oxygens (including phenoxy) is 1. The lowest BCUT2D eigenvalue weighted by Crippen LogP contribution is -2.14. The lowest BCUT2D eigenvalue weighted by atomic mass is 9.91. The van der Waals surface area contributed by atoms with E-state index in [4.69, 9.17) is 9.84 Å². The smallest absolute Gasteiger partial charge is 0.335 e. The molecule has 1 aromatic carbocycles. The molecule has 0 spiro atoms. The summed E-state index contributed by atoms with van der Waals surface area (Å²) in [6.45, 7) is 1.56. The van der Waals surface area contributed by atoms with Gasteiger partial charge in [-0.1, -0.05) is 12.1 Å². The topological polar surface area (TPSA) is 46.5 Å². The summed E-state index contributed by atoms with van der Waals surface area (Å²) in [6, 6.07) is 7.22. The maximum absolute atomic E-state index is 10.8. The first kappa shape index (κ1) is 10.2. The fraction of sp³-hybridized carbons (Fsp3) is 0.417. The lowest BCUT2D eigenvalue weighted by Gasteiger charge is -2.22. The van der Waals surface area contributed by atoms with Crippen LogP contribution in [0.5, 0.6) is 0 Å². The van der Waals surface area contributed by atoms with E-state index in [1.807, 2.05) is 12.1 Å². The van der Waals surface area contributed by atoms with Crippen LogP contribution in [0.25, 0.3) is 0 Å². The molecule has 0 atom stereocenters. The van der Waals surface area contributed by atoms with Crippen LogP contribution in [0, 0.1) is 0 Å². The average Bonchev–Trinajstić information content (AvgIpc) is 2.30. The van der Waals surface area contributed by atoms with Crippen molar-refractivity contribution in [3.63, 3.8) is 0 Å². The maximum atomic E-state index is 10.8. The highest BCUT2D eigenvalue weighted by molar-refractivity contribution is 5.87. The van der Waals surface area contributed by atoms with Gasteiger partial charge in [-0.05, 0) is 36.5 Å². The number of rotatable bonds is 2. The van der Waals surface area contributed by atoms with Crippen LogP contribution in [-0.4, -0.2) is 24.3 Å². The summed E-state index contributed by atoms with van der Waals surface area (Å²) in [4.78, 5) is 10.8. The molecule has 1 aliphatic rings. The Bertz CT molecular complexity index is 354. The Balaban J connectivity index is 2.19. The van der Waals surface area contributed by atoms with Gasteiger partial charge in [-0.2, -0.15) is 0 Å². The van der Waals surface area contributed by atoms with Crippen molar-refractivity contribution in [2.75, 3.05) is 13.2 Å². The van der Waals surface area contributed by atoms with Gasteiger partial charge in [0.25, 0.3) is 0 Å². The fourth-order valence-electron chi connectivity index (χ4n) is 1.96. The Morgan fingerprint density at radius 1 is 1.33 bits per heavy atom. The van der Waals surface area contributed by atoms with Crippen molar-refractivity contribution in [3.8, 4) is 0 Å². The molecule has 80 valence electrons. The minimum Gasteiger partial charge on any atom is -0.478 e. The minimum absolute atomic E-state index is 0.374. The maximum Gasteiger partial charge on any atom is 0.335 e. The van der Waals surface area contributed by atoms with E-state index in [0.717, 1.165) is 31.6 Å². The van der Waals surface area contributed by atoms with Crippen molar-refractivity contribution < 1.29 is 14.6 Å². The first-order valence-electron chi connectivity index (χ1n) is 5.18. The third kappa shape index (κ3) is 2.36. The highest BCUT2D eigenvalue weighted by Crippen LogP contribution is 2.27. The molecule has 0 saturated carbocycles. The number of carbonyl (C=O) groups is 1. The van der Waals surface area contributed by atoms with Gasteiger partial charge in [-0.15, -0.1) is 0 Å². The molecule has 1 N–H and O–H groups in total. The van der Waals surface area contributed by atoms with Crippen LogP contribution < -0.4 is 0 Å². The second-order valence-electron chi connectivity index (χ2n) is 3.82. The summed E-state index contributed by atoms with van der Waals surface area (Å²) < 4.78 is 5.28. The van der Waals surface area contributed by atoms with Crippen molar-refractivity contribution in [2.45, 2.75) is 18.8 Å². The molecular formula is C12H14O3. The first-order chi connectivity index (χ1) is 7.27. The van der Waals surface area contributed by atoms with E-state index in [9.17, 15) is 4.79 Å².